The Morgan fingerprint density at radius 1 is 1.38 bits per heavy atom. The summed E-state index contributed by atoms with van der Waals surface area (Å²) >= 11 is 0. The Morgan fingerprint density at radius 3 is 2.81 bits per heavy atom. The minimum absolute atomic E-state index is 0.440. The maximum absolute atomic E-state index is 5.58. The van der Waals surface area contributed by atoms with Crippen LogP contribution in [0.25, 0.3) is 0 Å². The highest BCUT2D eigenvalue weighted by molar-refractivity contribution is 5.06. The van der Waals surface area contributed by atoms with E-state index in [2.05, 4.69) is 18.3 Å². The van der Waals surface area contributed by atoms with Crippen LogP contribution in [0, 0.1) is 5.92 Å². The molecule has 0 bridgehead atoms. The van der Waals surface area contributed by atoms with Gasteiger partial charge in [0.2, 0.25) is 0 Å². The molecular weight excluding hydrogens is 198 g/mol. The first-order valence-electron chi connectivity index (χ1n) is 6.68. The van der Waals surface area contributed by atoms with Crippen LogP contribution in [0.2, 0.25) is 0 Å². The normalized spacial score (nSPS) is 19.8. The van der Waals surface area contributed by atoms with Crippen molar-refractivity contribution in [2.45, 2.75) is 51.5 Å². The van der Waals surface area contributed by atoms with Crippen LogP contribution in [0.1, 0.15) is 57.3 Å². The minimum atomic E-state index is 0.440. The van der Waals surface area contributed by atoms with Crippen molar-refractivity contribution in [1.82, 2.24) is 5.32 Å². The molecule has 1 aromatic rings. The average Bonchev–Trinajstić information content (AvgIpc) is 2.85. The van der Waals surface area contributed by atoms with Gasteiger partial charge in [-0.1, -0.05) is 26.2 Å². The second-order valence-corrected chi connectivity index (χ2v) is 4.85. The second kappa shape index (κ2) is 6.09. The van der Waals surface area contributed by atoms with Crippen molar-refractivity contribution in [2.24, 2.45) is 5.92 Å². The predicted octanol–water partition coefficient (Wildman–Crippen LogP) is 3.90. The molecule has 1 aliphatic carbocycles. The van der Waals surface area contributed by atoms with Crippen molar-refractivity contribution in [2.75, 3.05) is 6.54 Å². The van der Waals surface area contributed by atoms with Crippen molar-refractivity contribution < 1.29 is 4.42 Å². The monoisotopic (exact) mass is 221 g/mol. The van der Waals surface area contributed by atoms with Gasteiger partial charge < -0.3 is 9.73 Å². The van der Waals surface area contributed by atoms with Crippen molar-refractivity contribution >= 4 is 0 Å². The predicted molar refractivity (Wildman–Crippen MR) is 66.3 cm³/mol. The van der Waals surface area contributed by atoms with Gasteiger partial charge >= 0.3 is 0 Å². The van der Waals surface area contributed by atoms with Crippen LogP contribution in [-0.2, 0) is 0 Å². The SMILES string of the molecule is CCCNC(c1ccco1)C1CCCCC1. The Bertz CT molecular complexity index is 275. The van der Waals surface area contributed by atoms with Crippen LogP contribution in [0.15, 0.2) is 22.8 Å². The van der Waals surface area contributed by atoms with Crippen molar-refractivity contribution in [3.8, 4) is 0 Å². The molecule has 1 atom stereocenters. The summed E-state index contributed by atoms with van der Waals surface area (Å²) in [6, 6.07) is 4.55. The van der Waals surface area contributed by atoms with Crippen LogP contribution in [0.3, 0.4) is 0 Å². The maximum atomic E-state index is 5.58. The van der Waals surface area contributed by atoms with Gasteiger partial charge in [0.05, 0.1) is 12.3 Å². The maximum Gasteiger partial charge on any atom is 0.120 e. The molecule has 1 fully saturated rings. The number of rotatable bonds is 5. The molecule has 0 amide bonds. The van der Waals surface area contributed by atoms with Gasteiger partial charge in [-0.2, -0.15) is 0 Å². The van der Waals surface area contributed by atoms with E-state index in [1.807, 2.05) is 6.07 Å². The van der Waals surface area contributed by atoms with Crippen LogP contribution in [0.5, 0.6) is 0 Å². The second-order valence-electron chi connectivity index (χ2n) is 4.85. The highest BCUT2D eigenvalue weighted by Crippen LogP contribution is 2.34. The Morgan fingerprint density at radius 2 is 2.19 bits per heavy atom. The first-order chi connectivity index (χ1) is 7.92. The zero-order chi connectivity index (χ0) is 11.2. The molecule has 0 aliphatic heterocycles. The number of hydrogen-bond acceptors (Lipinski definition) is 2. The van der Waals surface area contributed by atoms with Gasteiger partial charge in [0.25, 0.3) is 0 Å². The molecule has 0 aromatic carbocycles. The molecule has 1 aromatic heterocycles. The highest BCUT2D eigenvalue weighted by atomic mass is 16.3. The van der Waals surface area contributed by atoms with Gasteiger partial charge in [-0.15, -0.1) is 0 Å². The summed E-state index contributed by atoms with van der Waals surface area (Å²) in [7, 11) is 0. The number of nitrogens with one attached hydrogen (secondary N) is 1. The van der Waals surface area contributed by atoms with Gasteiger partial charge in [-0.3, -0.25) is 0 Å². The van der Waals surface area contributed by atoms with Crippen LogP contribution >= 0.6 is 0 Å². The molecule has 0 saturated heterocycles. The highest BCUT2D eigenvalue weighted by Gasteiger charge is 2.26. The first kappa shape index (κ1) is 11.7. The molecule has 16 heavy (non-hydrogen) atoms. The van der Waals surface area contributed by atoms with Crippen LogP contribution < -0.4 is 5.32 Å². The lowest BCUT2D eigenvalue weighted by Gasteiger charge is -2.29. The molecule has 2 heteroatoms. The molecule has 1 saturated carbocycles. The lowest BCUT2D eigenvalue weighted by atomic mass is 9.83. The van der Waals surface area contributed by atoms with Gasteiger partial charge in [0.15, 0.2) is 0 Å². The van der Waals surface area contributed by atoms with E-state index in [0.717, 1.165) is 18.2 Å². The third-order valence-electron chi connectivity index (χ3n) is 3.59. The molecule has 2 nitrogen and oxygen atoms in total. The summed E-state index contributed by atoms with van der Waals surface area (Å²) in [4.78, 5) is 0. The van der Waals surface area contributed by atoms with E-state index < -0.39 is 0 Å². The smallest absolute Gasteiger partial charge is 0.120 e. The van der Waals surface area contributed by atoms with E-state index in [0.29, 0.717) is 6.04 Å². The molecule has 90 valence electrons. The summed E-state index contributed by atoms with van der Waals surface area (Å²) in [5.74, 6) is 1.90. The largest absolute Gasteiger partial charge is 0.468 e. The zero-order valence-corrected chi connectivity index (χ0v) is 10.2. The Kier molecular flexibility index (Phi) is 4.46. The van der Waals surface area contributed by atoms with Crippen molar-refractivity contribution in [1.29, 1.82) is 0 Å². The third-order valence-corrected chi connectivity index (χ3v) is 3.59. The zero-order valence-electron chi connectivity index (χ0n) is 10.2. The standard InChI is InChI=1S/C14H23NO/c1-2-10-15-14(13-9-6-11-16-13)12-7-4-3-5-8-12/h6,9,11-12,14-15H,2-5,7-8,10H2,1H3. The fourth-order valence-corrected chi connectivity index (χ4v) is 2.74. The van der Waals surface area contributed by atoms with E-state index in [4.69, 9.17) is 4.42 Å². The molecule has 1 N–H and O–H groups in total. The summed E-state index contributed by atoms with van der Waals surface area (Å²) < 4.78 is 5.58. The quantitative estimate of drug-likeness (QED) is 0.815. The van der Waals surface area contributed by atoms with Gasteiger partial charge in [0.1, 0.15) is 5.76 Å². The molecule has 2 rings (SSSR count). The number of furan rings is 1. The van der Waals surface area contributed by atoms with Crippen molar-refractivity contribution in [3.05, 3.63) is 24.2 Å². The average molecular weight is 221 g/mol. The molecule has 1 unspecified atom stereocenters. The fourth-order valence-electron chi connectivity index (χ4n) is 2.74. The summed E-state index contributed by atoms with van der Waals surface area (Å²) in [5.41, 5.74) is 0. The Hall–Kier alpha value is -0.760. The van der Waals surface area contributed by atoms with Crippen LogP contribution in [0.4, 0.5) is 0 Å². The van der Waals surface area contributed by atoms with E-state index in [1.165, 1.54) is 38.5 Å². The molecule has 1 heterocycles. The lowest BCUT2D eigenvalue weighted by Crippen LogP contribution is -2.30. The van der Waals surface area contributed by atoms with E-state index in [1.54, 1.807) is 6.26 Å². The fraction of sp³-hybridized carbons (Fsp3) is 0.714. The minimum Gasteiger partial charge on any atom is -0.468 e. The molecule has 0 spiro atoms. The van der Waals surface area contributed by atoms with E-state index in [-0.39, 0.29) is 0 Å². The van der Waals surface area contributed by atoms with Gasteiger partial charge in [-0.25, -0.2) is 0 Å². The molecule has 0 radical (unpaired) electrons. The van der Waals surface area contributed by atoms with Gasteiger partial charge in [-0.05, 0) is 43.9 Å². The third kappa shape index (κ3) is 2.88. The topological polar surface area (TPSA) is 25.2 Å². The summed E-state index contributed by atoms with van der Waals surface area (Å²) in [6.07, 6.45) is 9.85. The van der Waals surface area contributed by atoms with E-state index in [9.17, 15) is 0 Å². The summed E-state index contributed by atoms with van der Waals surface area (Å²) in [5, 5.41) is 3.65. The Balaban J connectivity index is 2.01. The lowest BCUT2D eigenvalue weighted by molar-refractivity contribution is 0.244. The molecular formula is C14H23NO. The van der Waals surface area contributed by atoms with Crippen molar-refractivity contribution in [3.63, 3.8) is 0 Å². The van der Waals surface area contributed by atoms with E-state index >= 15 is 0 Å². The molecule has 1 aliphatic rings. The number of hydrogen-bond donors (Lipinski definition) is 1. The van der Waals surface area contributed by atoms with Gasteiger partial charge in [0, 0.05) is 0 Å². The van der Waals surface area contributed by atoms with Crippen LogP contribution in [-0.4, -0.2) is 6.54 Å². The summed E-state index contributed by atoms with van der Waals surface area (Å²) in [6.45, 7) is 3.30. The Labute approximate surface area is 98.4 Å². The first-order valence-corrected chi connectivity index (χ1v) is 6.68.